The van der Waals surface area contributed by atoms with E-state index in [2.05, 4.69) is 22.0 Å². The van der Waals surface area contributed by atoms with E-state index in [4.69, 9.17) is 4.74 Å². The molecule has 0 unspecified atom stereocenters. The summed E-state index contributed by atoms with van der Waals surface area (Å²) >= 11 is 0. The number of nitrogens with zero attached hydrogens (tertiary/aromatic N) is 3. The first-order valence-corrected chi connectivity index (χ1v) is 6.00. The van der Waals surface area contributed by atoms with Crippen molar-refractivity contribution in [3.8, 4) is 0 Å². The van der Waals surface area contributed by atoms with Gasteiger partial charge in [-0.2, -0.15) is 5.10 Å². The first kappa shape index (κ1) is 11.3. The first-order valence-electron chi connectivity index (χ1n) is 6.00. The highest BCUT2D eigenvalue weighted by molar-refractivity contribution is 5.36. The van der Waals surface area contributed by atoms with Crippen LogP contribution in [0.15, 0.2) is 18.3 Å². The Morgan fingerprint density at radius 2 is 2.25 bits per heavy atom. The summed E-state index contributed by atoms with van der Waals surface area (Å²) in [4.78, 5) is 2.30. The van der Waals surface area contributed by atoms with Crippen molar-refractivity contribution in [2.45, 2.75) is 19.8 Å². The molecule has 88 valence electrons. The number of hydrogen-bond acceptors (Lipinski definition) is 4. The van der Waals surface area contributed by atoms with E-state index >= 15 is 0 Å². The van der Waals surface area contributed by atoms with Crippen molar-refractivity contribution in [3.05, 3.63) is 18.3 Å². The summed E-state index contributed by atoms with van der Waals surface area (Å²) in [6, 6.07) is 3.96. The zero-order valence-corrected chi connectivity index (χ0v) is 9.80. The van der Waals surface area contributed by atoms with Crippen LogP contribution in [0.3, 0.4) is 0 Å². The minimum Gasteiger partial charge on any atom is -0.381 e. The van der Waals surface area contributed by atoms with E-state index in [0.29, 0.717) is 5.92 Å². The summed E-state index contributed by atoms with van der Waals surface area (Å²) in [6.07, 6.45) is 4.10. The van der Waals surface area contributed by atoms with Gasteiger partial charge in [0.15, 0.2) is 5.82 Å². The van der Waals surface area contributed by atoms with Crippen LogP contribution in [0.25, 0.3) is 0 Å². The van der Waals surface area contributed by atoms with Crippen LogP contribution in [0.2, 0.25) is 0 Å². The largest absolute Gasteiger partial charge is 0.381 e. The summed E-state index contributed by atoms with van der Waals surface area (Å²) in [5, 5.41) is 8.05. The lowest BCUT2D eigenvalue weighted by molar-refractivity contribution is 0.100. The van der Waals surface area contributed by atoms with Gasteiger partial charge in [0, 0.05) is 32.5 Å². The molecule has 2 rings (SSSR count). The Morgan fingerprint density at radius 3 is 2.88 bits per heavy atom. The summed E-state index contributed by atoms with van der Waals surface area (Å²) in [7, 11) is 0. The second-order valence-corrected chi connectivity index (χ2v) is 4.17. The molecule has 1 fully saturated rings. The number of hydrogen-bond donors (Lipinski definition) is 0. The average molecular weight is 221 g/mol. The molecule has 1 aliphatic heterocycles. The SMILES string of the molecule is CCOCC1CCN(c2cccnn2)CC1. The van der Waals surface area contributed by atoms with Gasteiger partial charge in [-0.25, -0.2) is 0 Å². The van der Waals surface area contributed by atoms with Crippen LogP contribution < -0.4 is 4.90 Å². The lowest BCUT2D eigenvalue weighted by Crippen LogP contribution is -2.35. The predicted molar refractivity (Wildman–Crippen MR) is 63.5 cm³/mol. The minimum atomic E-state index is 0.716. The maximum atomic E-state index is 5.47. The van der Waals surface area contributed by atoms with Crippen LogP contribution in [0, 0.1) is 5.92 Å². The lowest BCUT2D eigenvalue weighted by atomic mass is 9.98. The van der Waals surface area contributed by atoms with Crippen molar-refractivity contribution < 1.29 is 4.74 Å². The highest BCUT2D eigenvalue weighted by Crippen LogP contribution is 2.21. The molecular formula is C12H19N3O. The second kappa shape index (κ2) is 5.80. The van der Waals surface area contributed by atoms with Crippen LogP contribution >= 0.6 is 0 Å². The molecule has 4 heteroatoms. The molecular weight excluding hydrogens is 202 g/mol. The van der Waals surface area contributed by atoms with Crippen molar-refractivity contribution in [2.75, 3.05) is 31.2 Å². The molecule has 0 aliphatic carbocycles. The molecule has 1 aromatic heterocycles. The van der Waals surface area contributed by atoms with Gasteiger partial charge in [0.1, 0.15) is 0 Å². The topological polar surface area (TPSA) is 38.2 Å². The quantitative estimate of drug-likeness (QED) is 0.776. The second-order valence-electron chi connectivity index (χ2n) is 4.17. The molecule has 0 bridgehead atoms. The van der Waals surface area contributed by atoms with E-state index in [1.54, 1.807) is 6.20 Å². The highest BCUT2D eigenvalue weighted by Gasteiger charge is 2.19. The molecule has 1 saturated heterocycles. The normalized spacial score (nSPS) is 17.7. The molecule has 1 aliphatic rings. The van der Waals surface area contributed by atoms with Gasteiger partial charge in [0.2, 0.25) is 0 Å². The Morgan fingerprint density at radius 1 is 1.44 bits per heavy atom. The Bertz CT molecular complexity index is 296. The van der Waals surface area contributed by atoms with E-state index < -0.39 is 0 Å². The number of rotatable bonds is 4. The smallest absolute Gasteiger partial charge is 0.151 e. The minimum absolute atomic E-state index is 0.716. The Balaban J connectivity index is 1.81. The molecule has 4 nitrogen and oxygen atoms in total. The molecule has 2 heterocycles. The number of piperidine rings is 1. The van der Waals surface area contributed by atoms with E-state index in [9.17, 15) is 0 Å². The predicted octanol–water partition coefficient (Wildman–Crippen LogP) is 1.73. The van der Waals surface area contributed by atoms with Gasteiger partial charge in [0.25, 0.3) is 0 Å². The molecule has 0 N–H and O–H groups in total. The van der Waals surface area contributed by atoms with Gasteiger partial charge >= 0.3 is 0 Å². The van der Waals surface area contributed by atoms with Crippen LogP contribution in [0.4, 0.5) is 5.82 Å². The van der Waals surface area contributed by atoms with Crippen molar-refractivity contribution in [1.82, 2.24) is 10.2 Å². The summed E-state index contributed by atoms with van der Waals surface area (Å²) < 4.78 is 5.47. The molecule has 16 heavy (non-hydrogen) atoms. The van der Waals surface area contributed by atoms with Crippen LogP contribution in [-0.4, -0.2) is 36.5 Å². The third kappa shape index (κ3) is 2.92. The number of ether oxygens (including phenoxy) is 1. The van der Waals surface area contributed by atoms with Gasteiger partial charge in [0.05, 0.1) is 0 Å². The van der Waals surface area contributed by atoms with Gasteiger partial charge in [-0.05, 0) is 37.8 Å². The summed E-state index contributed by atoms with van der Waals surface area (Å²) in [5.41, 5.74) is 0. The highest BCUT2D eigenvalue weighted by atomic mass is 16.5. The van der Waals surface area contributed by atoms with Crippen molar-refractivity contribution in [3.63, 3.8) is 0 Å². The average Bonchev–Trinajstić information content (AvgIpc) is 2.38. The third-order valence-electron chi connectivity index (χ3n) is 3.05. The van der Waals surface area contributed by atoms with E-state index in [1.165, 1.54) is 12.8 Å². The van der Waals surface area contributed by atoms with Crippen molar-refractivity contribution >= 4 is 5.82 Å². The monoisotopic (exact) mass is 221 g/mol. The summed E-state index contributed by atoms with van der Waals surface area (Å²) in [6.45, 7) is 5.91. The van der Waals surface area contributed by atoms with Gasteiger partial charge in [-0.3, -0.25) is 0 Å². The fraction of sp³-hybridized carbons (Fsp3) is 0.667. The molecule has 0 atom stereocenters. The first-order chi connectivity index (χ1) is 7.90. The zero-order valence-electron chi connectivity index (χ0n) is 9.80. The van der Waals surface area contributed by atoms with Crippen molar-refractivity contribution in [2.24, 2.45) is 5.92 Å². The van der Waals surface area contributed by atoms with Gasteiger partial charge in [-0.1, -0.05) is 0 Å². The van der Waals surface area contributed by atoms with Crippen molar-refractivity contribution in [1.29, 1.82) is 0 Å². The Kier molecular flexibility index (Phi) is 4.10. The van der Waals surface area contributed by atoms with E-state index in [1.807, 2.05) is 12.1 Å². The van der Waals surface area contributed by atoms with Crippen LogP contribution in [0.1, 0.15) is 19.8 Å². The standard InChI is InChI=1S/C12H19N3O/c1-2-16-10-11-5-8-15(9-6-11)12-4-3-7-13-14-12/h3-4,7,11H,2,5-6,8-10H2,1H3. The lowest BCUT2D eigenvalue weighted by Gasteiger charge is -2.32. The van der Waals surface area contributed by atoms with Gasteiger partial charge < -0.3 is 9.64 Å². The molecule has 0 saturated carbocycles. The maximum absolute atomic E-state index is 5.47. The maximum Gasteiger partial charge on any atom is 0.151 e. The molecule has 0 amide bonds. The van der Waals surface area contributed by atoms with E-state index in [0.717, 1.165) is 32.1 Å². The van der Waals surface area contributed by atoms with Crippen LogP contribution in [0.5, 0.6) is 0 Å². The van der Waals surface area contributed by atoms with Crippen LogP contribution in [-0.2, 0) is 4.74 Å². The molecule has 0 spiro atoms. The Labute approximate surface area is 96.6 Å². The fourth-order valence-electron chi connectivity index (χ4n) is 2.08. The Hall–Kier alpha value is -1.16. The zero-order chi connectivity index (χ0) is 11.2. The van der Waals surface area contributed by atoms with E-state index in [-0.39, 0.29) is 0 Å². The fourth-order valence-corrected chi connectivity index (χ4v) is 2.08. The summed E-state index contributed by atoms with van der Waals surface area (Å²) in [5.74, 6) is 1.71. The molecule has 0 aromatic carbocycles. The number of aromatic nitrogens is 2. The third-order valence-corrected chi connectivity index (χ3v) is 3.05. The van der Waals surface area contributed by atoms with Gasteiger partial charge in [-0.15, -0.1) is 5.10 Å². The molecule has 1 aromatic rings. The molecule has 0 radical (unpaired) electrons. The number of anilines is 1.